The van der Waals surface area contributed by atoms with Crippen molar-refractivity contribution in [3.8, 4) is 17.0 Å². The molecule has 6 heteroatoms. The molecule has 0 saturated carbocycles. The van der Waals surface area contributed by atoms with Crippen molar-refractivity contribution in [1.82, 2.24) is 4.98 Å². The van der Waals surface area contributed by atoms with Gasteiger partial charge in [-0.25, -0.2) is 9.37 Å². The summed E-state index contributed by atoms with van der Waals surface area (Å²) < 4.78 is 18.7. The van der Waals surface area contributed by atoms with Crippen LogP contribution in [-0.2, 0) is 4.79 Å². The molecule has 0 aliphatic carbocycles. The number of anilines is 1. The molecule has 0 aliphatic heterocycles. The Hall–Kier alpha value is -2.73. The maximum absolute atomic E-state index is 13.1. The van der Waals surface area contributed by atoms with Crippen LogP contribution in [0.5, 0.6) is 5.75 Å². The number of benzene rings is 2. The van der Waals surface area contributed by atoms with Crippen molar-refractivity contribution in [3.63, 3.8) is 0 Å². The van der Waals surface area contributed by atoms with Crippen LogP contribution in [-0.4, -0.2) is 17.0 Å². The Morgan fingerprint density at radius 1 is 1.16 bits per heavy atom. The fourth-order valence-electron chi connectivity index (χ4n) is 2.29. The van der Waals surface area contributed by atoms with Gasteiger partial charge >= 0.3 is 0 Å². The van der Waals surface area contributed by atoms with Crippen molar-refractivity contribution in [2.45, 2.75) is 20.0 Å². The van der Waals surface area contributed by atoms with E-state index < -0.39 is 6.10 Å². The normalized spacial score (nSPS) is 11.8. The third-order valence-corrected chi connectivity index (χ3v) is 4.46. The van der Waals surface area contributed by atoms with E-state index in [1.54, 1.807) is 31.2 Å². The Morgan fingerprint density at radius 2 is 1.84 bits per heavy atom. The van der Waals surface area contributed by atoms with Crippen LogP contribution in [0.25, 0.3) is 11.3 Å². The van der Waals surface area contributed by atoms with Crippen LogP contribution >= 0.6 is 11.3 Å². The second-order valence-corrected chi connectivity index (χ2v) is 6.70. The van der Waals surface area contributed by atoms with Crippen LogP contribution in [0.1, 0.15) is 11.8 Å². The standard InChI is InChI=1S/C19H17FN2O2S/c1-12(24-16-6-4-3-5-7-16)18(23)22-19-21-17(13(2)25-19)14-8-10-15(20)11-9-14/h3-12H,1-2H3,(H,21,22,23). The molecule has 25 heavy (non-hydrogen) atoms. The highest BCUT2D eigenvalue weighted by Gasteiger charge is 2.18. The number of carbonyl (C=O) groups excluding carboxylic acids is 1. The molecule has 0 fully saturated rings. The van der Waals surface area contributed by atoms with E-state index in [2.05, 4.69) is 10.3 Å². The first kappa shape index (κ1) is 17.1. The number of amides is 1. The van der Waals surface area contributed by atoms with Gasteiger partial charge in [0.25, 0.3) is 5.91 Å². The molecule has 0 aliphatic rings. The van der Waals surface area contributed by atoms with Crippen molar-refractivity contribution in [3.05, 3.63) is 65.3 Å². The number of rotatable bonds is 5. The molecule has 1 unspecified atom stereocenters. The van der Waals surface area contributed by atoms with Gasteiger partial charge in [0.05, 0.1) is 5.69 Å². The summed E-state index contributed by atoms with van der Waals surface area (Å²) in [5, 5.41) is 3.26. The van der Waals surface area contributed by atoms with Gasteiger partial charge in [-0.1, -0.05) is 18.2 Å². The molecule has 0 spiro atoms. The third-order valence-electron chi connectivity index (χ3n) is 3.57. The second-order valence-electron chi connectivity index (χ2n) is 5.49. The SMILES string of the molecule is Cc1sc(NC(=O)C(C)Oc2ccccc2)nc1-c1ccc(F)cc1. The molecule has 1 atom stereocenters. The lowest BCUT2D eigenvalue weighted by molar-refractivity contribution is -0.122. The fourth-order valence-corrected chi connectivity index (χ4v) is 3.13. The molecule has 1 amide bonds. The number of halogens is 1. The first-order valence-corrected chi connectivity index (χ1v) is 8.60. The van der Waals surface area contributed by atoms with Crippen LogP contribution in [0.2, 0.25) is 0 Å². The number of hydrogen-bond acceptors (Lipinski definition) is 4. The molecule has 2 aromatic carbocycles. The van der Waals surface area contributed by atoms with Crippen LogP contribution in [0, 0.1) is 12.7 Å². The minimum atomic E-state index is -0.652. The summed E-state index contributed by atoms with van der Waals surface area (Å²) in [6, 6.07) is 15.3. The highest BCUT2D eigenvalue weighted by atomic mass is 32.1. The predicted octanol–water partition coefficient (Wildman–Crippen LogP) is 4.66. The lowest BCUT2D eigenvalue weighted by Gasteiger charge is -2.13. The fraction of sp³-hybridized carbons (Fsp3) is 0.158. The summed E-state index contributed by atoms with van der Waals surface area (Å²) in [6.45, 7) is 3.60. The van der Waals surface area contributed by atoms with Gasteiger partial charge in [0.2, 0.25) is 0 Å². The van der Waals surface area contributed by atoms with Crippen molar-refractivity contribution < 1.29 is 13.9 Å². The van der Waals surface area contributed by atoms with E-state index in [-0.39, 0.29) is 11.7 Å². The van der Waals surface area contributed by atoms with Crippen LogP contribution in [0.4, 0.5) is 9.52 Å². The van der Waals surface area contributed by atoms with Crippen LogP contribution in [0.15, 0.2) is 54.6 Å². The quantitative estimate of drug-likeness (QED) is 0.723. The lowest BCUT2D eigenvalue weighted by atomic mass is 10.1. The number of carbonyl (C=O) groups is 1. The maximum atomic E-state index is 13.1. The van der Waals surface area contributed by atoms with Gasteiger partial charge in [0.15, 0.2) is 11.2 Å². The van der Waals surface area contributed by atoms with E-state index in [1.807, 2.05) is 25.1 Å². The first-order chi connectivity index (χ1) is 12.0. The number of aryl methyl sites for hydroxylation is 1. The van der Waals surface area contributed by atoms with Crippen molar-refractivity contribution in [2.24, 2.45) is 0 Å². The Kier molecular flexibility index (Phi) is 5.09. The van der Waals surface area contributed by atoms with Gasteiger partial charge < -0.3 is 4.74 Å². The average molecular weight is 356 g/mol. The molecule has 128 valence electrons. The number of aromatic nitrogens is 1. The summed E-state index contributed by atoms with van der Waals surface area (Å²) in [6.07, 6.45) is -0.652. The molecule has 1 aromatic heterocycles. The molecule has 0 radical (unpaired) electrons. The van der Waals surface area contributed by atoms with E-state index in [0.29, 0.717) is 10.9 Å². The van der Waals surface area contributed by atoms with Crippen molar-refractivity contribution in [2.75, 3.05) is 5.32 Å². The highest BCUT2D eigenvalue weighted by molar-refractivity contribution is 7.16. The molecule has 1 heterocycles. The topological polar surface area (TPSA) is 51.2 Å². The number of hydrogen-bond donors (Lipinski definition) is 1. The Morgan fingerprint density at radius 3 is 2.52 bits per heavy atom. The zero-order valence-electron chi connectivity index (χ0n) is 13.8. The summed E-state index contributed by atoms with van der Waals surface area (Å²) in [4.78, 5) is 17.7. The number of nitrogens with zero attached hydrogens (tertiary/aromatic N) is 1. The minimum absolute atomic E-state index is 0.275. The van der Waals surface area contributed by atoms with Crippen molar-refractivity contribution in [1.29, 1.82) is 0 Å². The summed E-state index contributed by atoms with van der Waals surface area (Å²) in [7, 11) is 0. The summed E-state index contributed by atoms with van der Waals surface area (Å²) in [5.74, 6) is 0.0628. The molecule has 4 nitrogen and oxygen atoms in total. The predicted molar refractivity (Wildman–Crippen MR) is 97.4 cm³/mol. The average Bonchev–Trinajstić information content (AvgIpc) is 2.96. The zero-order chi connectivity index (χ0) is 17.8. The van der Waals surface area contributed by atoms with Gasteiger partial charge in [0.1, 0.15) is 11.6 Å². The molecule has 0 saturated heterocycles. The van der Waals surface area contributed by atoms with Crippen LogP contribution < -0.4 is 10.1 Å². The van der Waals surface area contributed by atoms with Crippen molar-refractivity contribution >= 4 is 22.4 Å². The summed E-state index contributed by atoms with van der Waals surface area (Å²) >= 11 is 1.37. The number of para-hydroxylation sites is 1. The van der Waals surface area contributed by atoms with Crippen LogP contribution in [0.3, 0.4) is 0 Å². The molecule has 0 bridgehead atoms. The molecule has 1 N–H and O–H groups in total. The molecule has 3 rings (SSSR count). The Bertz CT molecular complexity index is 863. The van der Waals surface area contributed by atoms with Gasteiger partial charge in [-0.05, 0) is 50.2 Å². The second kappa shape index (κ2) is 7.44. The van der Waals surface area contributed by atoms with Gasteiger partial charge in [-0.2, -0.15) is 0 Å². The Balaban J connectivity index is 1.69. The van der Waals surface area contributed by atoms with E-state index in [4.69, 9.17) is 4.74 Å². The number of thiazole rings is 1. The van der Waals surface area contributed by atoms with E-state index in [0.717, 1.165) is 16.1 Å². The lowest BCUT2D eigenvalue weighted by Crippen LogP contribution is -2.30. The zero-order valence-corrected chi connectivity index (χ0v) is 14.6. The van der Waals surface area contributed by atoms with E-state index >= 15 is 0 Å². The van der Waals surface area contributed by atoms with E-state index in [1.165, 1.54) is 23.5 Å². The van der Waals surface area contributed by atoms with Gasteiger partial charge in [0, 0.05) is 10.4 Å². The first-order valence-electron chi connectivity index (χ1n) is 7.79. The molecule has 3 aromatic rings. The minimum Gasteiger partial charge on any atom is -0.481 e. The number of nitrogens with one attached hydrogen (secondary N) is 1. The number of ether oxygens (including phenoxy) is 1. The maximum Gasteiger partial charge on any atom is 0.266 e. The van der Waals surface area contributed by atoms with Gasteiger partial charge in [-0.3, -0.25) is 10.1 Å². The largest absolute Gasteiger partial charge is 0.481 e. The smallest absolute Gasteiger partial charge is 0.266 e. The van der Waals surface area contributed by atoms with Gasteiger partial charge in [-0.15, -0.1) is 11.3 Å². The van der Waals surface area contributed by atoms with E-state index in [9.17, 15) is 9.18 Å². The monoisotopic (exact) mass is 356 g/mol. The molecular formula is C19H17FN2O2S. The Labute approximate surface area is 149 Å². The molecular weight excluding hydrogens is 339 g/mol. The summed E-state index contributed by atoms with van der Waals surface area (Å²) in [5.41, 5.74) is 1.54. The third kappa shape index (κ3) is 4.22. The highest BCUT2D eigenvalue weighted by Crippen LogP contribution is 2.30.